The average Bonchev–Trinajstić information content (AvgIpc) is 2.83. The number of likely N-dealkylation sites (tertiary alicyclic amines) is 1. The Morgan fingerprint density at radius 2 is 2.19 bits per heavy atom. The third-order valence-corrected chi connectivity index (χ3v) is 3.43. The van der Waals surface area contributed by atoms with Crippen molar-refractivity contribution >= 4 is 11.8 Å². The Hall–Kier alpha value is -1.65. The van der Waals surface area contributed by atoms with E-state index in [2.05, 4.69) is 9.97 Å². The lowest BCUT2D eigenvalue weighted by atomic mass is 10.1. The van der Waals surface area contributed by atoms with E-state index in [-0.39, 0.29) is 29.7 Å². The molecule has 2 fully saturated rings. The fourth-order valence-electron chi connectivity index (χ4n) is 2.47. The lowest BCUT2D eigenvalue weighted by molar-refractivity contribution is -0.144. The molecule has 0 spiro atoms. The standard InChI is InChI=1S/C11H13N3O2/c1-2-8(9-12-3-4-13-9)14-10(15)6-5-7(6)11(14)16/h3-4,6-8H,2,5H2,1H3,(H,12,13). The number of imidazole rings is 1. The molecule has 1 saturated heterocycles. The predicted molar refractivity (Wildman–Crippen MR) is 55.1 cm³/mol. The van der Waals surface area contributed by atoms with Crippen molar-refractivity contribution in [3.8, 4) is 0 Å². The van der Waals surface area contributed by atoms with Gasteiger partial charge in [-0.3, -0.25) is 14.5 Å². The molecule has 0 aromatic carbocycles. The van der Waals surface area contributed by atoms with Crippen LogP contribution in [0.3, 0.4) is 0 Å². The number of carbonyl (C=O) groups excluding carboxylic acids is 2. The highest BCUT2D eigenvalue weighted by Gasteiger charge is 2.60. The Bertz CT molecular complexity index is 420. The second-order valence-corrected chi connectivity index (χ2v) is 4.39. The zero-order chi connectivity index (χ0) is 11.3. The van der Waals surface area contributed by atoms with Gasteiger partial charge in [-0.1, -0.05) is 6.92 Å². The Morgan fingerprint density at radius 1 is 1.50 bits per heavy atom. The van der Waals surface area contributed by atoms with Gasteiger partial charge < -0.3 is 4.98 Å². The van der Waals surface area contributed by atoms with Gasteiger partial charge in [-0.2, -0.15) is 0 Å². The molecule has 3 unspecified atom stereocenters. The SMILES string of the molecule is CCC(c1ncc[nH]1)N1C(=O)C2CC2C1=O. The molecule has 5 heteroatoms. The maximum absolute atomic E-state index is 11.9. The molecule has 2 heterocycles. The van der Waals surface area contributed by atoms with Crippen LogP contribution in [0.5, 0.6) is 0 Å². The van der Waals surface area contributed by atoms with E-state index in [1.807, 2.05) is 6.92 Å². The lowest BCUT2D eigenvalue weighted by Crippen LogP contribution is -2.36. The molecular formula is C11H13N3O2. The third kappa shape index (κ3) is 1.14. The number of carbonyl (C=O) groups is 2. The minimum atomic E-state index is -0.220. The van der Waals surface area contributed by atoms with Crippen molar-refractivity contribution in [1.82, 2.24) is 14.9 Å². The number of hydrogen-bond donors (Lipinski definition) is 1. The van der Waals surface area contributed by atoms with E-state index >= 15 is 0 Å². The first-order valence-corrected chi connectivity index (χ1v) is 5.60. The van der Waals surface area contributed by atoms with Crippen LogP contribution in [0, 0.1) is 11.8 Å². The highest BCUT2D eigenvalue weighted by atomic mass is 16.2. The van der Waals surface area contributed by atoms with Gasteiger partial charge in [-0.15, -0.1) is 0 Å². The summed E-state index contributed by atoms with van der Waals surface area (Å²) in [4.78, 5) is 32.4. The Labute approximate surface area is 92.9 Å². The summed E-state index contributed by atoms with van der Waals surface area (Å²) >= 11 is 0. The molecule has 1 aromatic heterocycles. The summed E-state index contributed by atoms with van der Waals surface area (Å²) in [7, 11) is 0. The first-order valence-electron chi connectivity index (χ1n) is 5.60. The zero-order valence-corrected chi connectivity index (χ0v) is 9.01. The van der Waals surface area contributed by atoms with Gasteiger partial charge in [0.15, 0.2) is 0 Å². The van der Waals surface area contributed by atoms with Gasteiger partial charge in [-0.05, 0) is 12.8 Å². The molecule has 1 aliphatic heterocycles. The molecule has 2 aliphatic rings. The smallest absolute Gasteiger partial charge is 0.233 e. The molecule has 1 N–H and O–H groups in total. The van der Waals surface area contributed by atoms with Crippen LogP contribution >= 0.6 is 0 Å². The predicted octanol–water partition coefficient (Wildman–Crippen LogP) is 0.866. The number of aromatic amines is 1. The van der Waals surface area contributed by atoms with Gasteiger partial charge in [-0.25, -0.2) is 4.98 Å². The van der Waals surface area contributed by atoms with E-state index in [4.69, 9.17) is 0 Å². The summed E-state index contributed by atoms with van der Waals surface area (Å²) in [6.45, 7) is 1.96. The van der Waals surface area contributed by atoms with Crippen molar-refractivity contribution in [2.45, 2.75) is 25.8 Å². The average molecular weight is 219 g/mol. The Balaban J connectivity index is 1.91. The van der Waals surface area contributed by atoms with Crippen LogP contribution in [-0.4, -0.2) is 26.7 Å². The van der Waals surface area contributed by atoms with Gasteiger partial charge in [0.2, 0.25) is 11.8 Å². The molecule has 2 amide bonds. The van der Waals surface area contributed by atoms with Crippen LogP contribution in [0.15, 0.2) is 12.4 Å². The van der Waals surface area contributed by atoms with Gasteiger partial charge in [0, 0.05) is 12.4 Å². The maximum atomic E-state index is 11.9. The zero-order valence-electron chi connectivity index (χ0n) is 9.01. The first-order chi connectivity index (χ1) is 7.74. The number of amides is 2. The largest absolute Gasteiger partial charge is 0.347 e. The van der Waals surface area contributed by atoms with E-state index in [0.29, 0.717) is 12.2 Å². The van der Waals surface area contributed by atoms with Crippen molar-refractivity contribution in [3.05, 3.63) is 18.2 Å². The van der Waals surface area contributed by atoms with Crippen molar-refractivity contribution in [3.63, 3.8) is 0 Å². The minimum Gasteiger partial charge on any atom is -0.347 e. The second-order valence-electron chi connectivity index (χ2n) is 4.39. The van der Waals surface area contributed by atoms with Gasteiger partial charge in [0.1, 0.15) is 5.82 Å². The Morgan fingerprint density at radius 3 is 2.69 bits per heavy atom. The van der Waals surface area contributed by atoms with Crippen molar-refractivity contribution in [2.75, 3.05) is 0 Å². The van der Waals surface area contributed by atoms with Crippen LogP contribution < -0.4 is 0 Å². The molecule has 16 heavy (non-hydrogen) atoms. The van der Waals surface area contributed by atoms with Crippen LogP contribution in [0.2, 0.25) is 0 Å². The first kappa shape index (κ1) is 9.57. The van der Waals surface area contributed by atoms with Crippen molar-refractivity contribution in [2.24, 2.45) is 11.8 Å². The monoisotopic (exact) mass is 219 g/mol. The van der Waals surface area contributed by atoms with Crippen LogP contribution in [0.25, 0.3) is 0 Å². The minimum absolute atomic E-state index is 0.0155. The summed E-state index contributed by atoms with van der Waals surface area (Å²) in [6, 6.07) is -0.220. The number of hydrogen-bond acceptors (Lipinski definition) is 3. The van der Waals surface area contributed by atoms with Crippen molar-refractivity contribution < 1.29 is 9.59 Å². The number of imide groups is 1. The van der Waals surface area contributed by atoms with E-state index in [0.717, 1.165) is 6.42 Å². The number of nitrogens with zero attached hydrogens (tertiary/aromatic N) is 2. The number of nitrogens with one attached hydrogen (secondary N) is 1. The molecule has 5 nitrogen and oxygen atoms in total. The van der Waals surface area contributed by atoms with Crippen LogP contribution in [0.4, 0.5) is 0 Å². The Kier molecular flexibility index (Phi) is 1.89. The van der Waals surface area contributed by atoms with E-state index < -0.39 is 0 Å². The number of piperidine rings is 1. The quantitative estimate of drug-likeness (QED) is 0.767. The number of H-pyrrole nitrogens is 1. The van der Waals surface area contributed by atoms with Crippen molar-refractivity contribution in [1.29, 1.82) is 0 Å². The van der Waals surface area contributed by atoms with Gasteiger partial charge in [0.25, 0.3) is 0 Å². The number of fused-ring (bicyclic) bond motifs is 1. The molecule has 3 atom stereocenters. The van der Waals surface area contributed by atoms with Gasteiger partial charge >= 0.3 is 0 Å². The molecule has 1 aromatic rings. The summed E-state index contributed by atoms with van der Waals surface area (Å²) in [6.07, 6.45) is 4.81. The molecule has 84 valence electrons. The number of aromatic nitrogens is 2. The molecule has 0 radical (unpaired) electrons. The summed E-state index contributed by atoms with van der Waals surface area (Å²) in [5, 5.41) is 0. The fraction of sp³-hybridized carbons (Fsp3) is 0.545. The van der Waals surface area contributed by atoms with Crippen LogP contribution in [-0.2, 0) is 9.59 Å². The lowest BCUT2D eigenvalue weighted by Gasteiger charge is -2.24. The molecule has 1 aliphatic carbocycles. The topological polar surface area (TPSA) is 66.1 Å². The molecule has 0 bridgehead atoms. The molecule has 1 saturated carbocycles. The summed E-state index contributed by atoms with van der Waals surface area (Å²) in [5.41, 5.74) is 0. The molecule has 3 rings (SSSR count). The number of rotatable bonds is 3. The van der Waals surface area contributed by atoms with E-state index in [1.54, 1.807) is 12.4 Å². The maximum Gasteiger partial charge on any atom is 0.233 e. The van der Waals surface area contributed by atoms with E-state index in [1.165, 1.54) is 4.90 Å². The third-order valence-electron chi connectivity index (χ3n) is 3.43. The fourth-order valence-corrected chi connectivity index (χ4v) is 2.47. The highest BCUT2D eigenvalue weighted by molar-refractivity contribution is 6.09. The second kappa shape index (κ2) is 3.17. The van der Waals surface area contributed by atoms with Gasteiger partial charge in [0.05, 0.1) is 17.9 Å². The summed E-state index contributed by atoms with van der Waals surface area (Å²) < 4.78 is 0. The normalized spacial score (nSPS) is 29.4. The highest BCUT2D eigenvalue weighted by Crippen LogP contribution is 2.49. The van der Waals surface area contributed by atoms with Crippen LogP contribution in [0.1, 0.15) is 31.6 Å². The molecular weight excluding hydrogens is 206 g/mol. The summed E-state index contributed by atoms with van der Waals surface area (Å²) in [5.74, 6) is 0.607. The van der Waals surface area contributed by atoms with E-state index in [9.17, 15) is 9.59 Å².